The van der Waals surface area contributed by atoms with E-state index < -0.39 is 0 Å². The minimum Gasteiger partial charge on any atom is -0.494 e. The molecule has 1 aliphatic heterocycles. The van der Waals surface area contributed by atoms with Gasteiger partial charge in [-0.25, -0.2) is 0 Å². The van der Waals surface area contributed by atoms with Gasteiger partial charge in [-0.15, -0.1) is 0 Å². The minimum absolute atomic E-state index is 0.00256. The normalized spacial score (nSPS) is 14.4. The van der Waals surface area contributed by atoms with E-state index in [0.29, 0.717) is 11.7 Å². The highest BCUT2D eigenvalue weighted by atomic mass is 32.1. The number of carbonyl (C=O) groups excluding carboxylic acids is 1. The van der Waals surface area contributed by atoms with Crippen molar-refractivity contribution in [3.63, 3.8) is 0 Å². The number of benzene rings is 2. The number of amides is 1. The summed E-state index contributed by atoms with van der Waals surface area (Å²) in [5.74, 6) is 0.848. The standard InChI is InChI=1S/C22H27N3O2S/c1-3-27-20-9-7-18(8-10-20)24-22(28)25-13-11-19(12-14-25)23-21(26)17-6-4-5-16(2)15-17/h4-10,15,19H,3,11-14H2,1-2H3,(H,23,26)(H,24,28). The van der Waals surface area contributed by atoms with E-state index in [1.165, 1.54) is 0 Å². The van der Waals surface area contributed by atoms with Crippen LogP contribution < -0.4 is 15.4 Å². The maximum Gasteiger partial charge on any atom is 0.251 e. The molecule has 1 amide bonds. The number of rotatable bonds is 5. The van der Waals surface area contributed by atoms with Crippen molar-refractivity contribution in [3.8, 4) is 5.75 Å². The first-order chi connectivity index (χ1) is 13.5. The predicted octanol–water partition coefficient (Wildman–Crippen LogP) is 3.98. The number of nitrogens with one attached hydrogen (secondary N) is 2. The van der Waals surface area contributed by atoms with Gasteiger partial charge in [0, 0.05) is 30.4 Å². The van der Waals surface area contributed by atoms with Gasteiger partial charge in [-0.05, 0) is 75.3 Å². The van der Waals surface area contributed by atoms with Gasteiger partial charge in [0.05, 0.1) is 6.61 Å². The van der Waals surface area contributed by atoms with Crippen molar-refractivity contribution in [1.82, 2.24) is 10.2 Å². The Hall–Kier alpha value is -2.60. The lowest BCUT2D eigenvalue weighted by Gasteiger charge is -2.34. The number of hydrogen-bond acceptors (Lipinski definition) is 3. The van der Waals surface area contributed by atoms with E-state index in [-0.39, 0.29) is 11.9 Å². The third-order valence-electron chi connectivity index (χ3n) is 4.81. The molecule has 0 radical (unpaired) electrons. The molecule has 3 rings (SSSR count). The van der Waals surface area contributed by atoms with Gasteiger partial charge in [-0.2, -0.15) is 0 Å². The van der Waals surface area contributed by atoms with E-state index in [2.05, 4.69) is 15.5 Å². The molecule has 148 valence electrons. The summed E-state index contributed by atoms with van der Waals surface area (Å²) >= 11 is 5.55. The minimum atomic E-state index is -0.00256. The van der Waals surface area contributed by atoms with Crippen molar-refractivity contribution in [2.75, 3.05) is 25.0 Å². The number of piperidine rings is 1. The van der Waals surface area contributed by atoms with Gasteiger partial charge in [0.25, 0.3) is 5.91 Å². The monoisotopic (exact) mass is 397 g/mol. The molecule has 2 N–H and O–H groups in total. The number of carbonyl (C=O) groups is 1. The predicted molar refractivity (Wildman–Crippen MR) is 117 cm³/mol. The highest BCUT2D eigenvalue weighted by molar-refractivity contribution is 7.80. The quantitative estimate of drug-likeness (QED) is 0.748. The van der Waals surface area contributed by atoms with Crippen molar-refractivity contribution in [1.29, 1.82) is 0 Å². The van der Waals surface area contributed by atoms with Crippen LogP contribution >= 0.6 is 12.2 Å². The molecule has 5 nitrogen and oxygen atoms in total. The molecule has 0 saturated carbocycles. The average molecular weight is 398 g/mol. The van der Waals surface area contributed by atoms with Crippen molar-refractivity contribution in [3.05, 3.63) is 59.7 Å². The van der Waals surface area contributed by atoms with Gasteiger partial charge in [0.15, 0.2) is 5.11 Å². The molecule has 0 aromatic heterocycles. The summed E-state index contributed by atoms with van der Waals surface area (Å²) in [6.45, 7) is 6.26. The molecule has 2 aromatic carbocycles. The number of hydrogen-bond donors (Lipinski definition) is 2. The Morgan fingerprint density at radius 1 is 1.18 bits per heavy atom. The second kappa shape index (κ2) is 9.55. The molecule has 1 aliphatic rings. The lowest BCUT2D eigenvalue weighted by Crippen LogP contribution is -2.47. The van der Waals surface area contributed by atoms with Crippen molar-refractivity contribution >= 4 is 28.9 Å². The van der Waals surface area contributed by atoms with Gasteiger partial charge in [0.2, 0.25) is 0 Å². The number of thiocarbonyl (C=S) groups is 1. The fourth-order valence-electron chi connectivity index (χ4n) is 3.29. The third-order valence-corrected chi connectivity index (χ3v) is 5.17. The summed E-state index contributed by atoms with van der Waals surface area (Å²) in [7, 11) is 0. The lowest BCUT2D eigenvalue weighted by atomic mass is 10.0. The van der Waals surface area contributed by atoms with Crippen LogP contribution in [0.1, 0.15) is 35.7 Å². The van der Waals surface area contributed by atoms with Crippen LogP contribution in [0.15, 0.2) is 48.5 Å². The van der Waals surface area contributed by atoms with Crippen LogP contribution in [-0.4, -0.2) is 41.7 Å². The molecule has 0 spiro atoms. The van der Waals surface area contributed by atoms with Gasteiger partial charge >= 0.3 is 0 Å². The molecule has 28 heavy (non-hydrogen) atoms. The summed E-state index contributed by atoms with van der Waals surface area (Å²) < 4.78 is 5.46. The summed E-state index contributed by atoms with van der Waals surface area (Å²) in [5.41, 5.74) is 2.76. The van der Waals surface area contributed by atoms with Crippen molar-refractivity contribution < 1.29 is 9.53 Å². The molecule has 0 atom stereocenters. The summed E-state index contributed by atoms with van der Waals surface area (Å²) in [4.78, 5) is 14.6. The van der Waals surface area contributed by atoms with Crippen LogP contribution in [0.4, 0.5) is 5.69 Å². The van der Waals surface area contributed by atoms with E-state index in [1.54, 1.807) is 0 Å². The summed E-state index contributed by atoms with van der Waals surface area (Å²) in [5, 5.41) is 7.15. The average Bonchev–Trinajstić information content (AvgIpc) is 2.70. The first-order valence-electron chi connectivity index (χ1n) is 9.71. The number of likely N-dealkylation sites (tertiary alicyclic amines) is 1. The zero-order chi connectivity index (χ0) is 19.9. The van der Waals surface area contributed by atoms with Crippen LogP contribution in [0.2, 0.25) is 0 Å². The van der Waals surface area contributed by atoms with Crippen LogP contribution in [0.25, 0.3) is 0 Å². The first-order valence-corrected chi connectivity index (χ1v) is 10.1. The van der Waals surface area contributed by atoms with Crippen LogP contribution in [0, 0.1) is 6.92 Å². The van der Waals surface area contributed by atoms with Gasteiger partial charge < -0.3 is 20.3 Å². The fourth-order valence-corrected chi connectivity index (χ4v) is 3.59. The van der Waals surface area contributed by atoms with Crippen molar-refractivity contribution in [2.45, 2.75) is 32.7 Å². The molecule has 1 fully saturated rings. The molecular weight excluding hydrogens is 370 g/mol. The Kier molecular flexibility index (Phi) is 6.87. The van der Waals surface area contributed by atoms with Crippen LogP contribution in [-0.2, 0) is 0 Å². The highest BCUT2D eigenvalue weighted by Crippen LogP contribution is 2.18. The number of nitrogens with zero attached hydrogens (tertiary/aromatic N) is 1. The molecule has 1 heterocycles. The van der Waals surface area contributed by atoms with E-state index in [9.17, 15) is 4.79 Å². The Bertz CT molecular complexity index is 815. The molecule has 0 bridgehead atoms. The second-order valence-electron chi connectivity index (χ2n) is 6.99. The molecular formula is C22H27N3O2S. The number of aryl methyl sites for hydroxylation is 1. The smallest absolute Gasteiger partial charge is 0.251 e. The Labute approximate surface area is 172 Å². The van der Waals surface area contributed by atoms with E-state index in [1.807, 2.05) is 62.4 Å². The largest absolute Gasteiger partial charge is 0.494 e. The molecule has 1 saturated heterocycles. The fraction of sp³-hybridized carbons (Fsp3) is 0.364. The topological polar surface area (TPSA) is 53.6 Å². The Balaban J connectivity index is 1.46. The maximum absolute atomic E-state index is 12.4. The zero-order valence-electron chi connectivity index (χ0n) is 16.4. The summed E-state index contributed by atoms with van der Waals surface area (Å²) in [6, 6.07) is 15.7. The van der Waals surface area contributed by atoms with Crippen molar-refractivity contribution in [2.24, 2.45) is 0 Å². The SMILES string of the molecule is CCOc1ccc(NC(=S)N2CCC(NC(=O)c3cccc(C)c3)CC2)cc1. The van der Waals surface area contributed by atoms with E-state index in [4.69, 9.17) is 17.0 Å². The Morgan fingerprint density at radius 3 is 2.54 bits per heavy atom. The van der Waals surface area contributed by atoms with Gasteiger partial charge in [0.1, 0.15) is 5.75 Å². The maximum atomic E-state index is 12.4. The van der Waals surface area contributed by atoms with Gasteiger partial charge in [-0.1, -0.05) is 17.7 Å². The third kappa shape index (κ3) is 5.45. The lowest BCUT2D eigenvalue weighted by molar-refractivity contribution is 0.0922. The zero-order valence-corrected chi connectivity index (χ0v) is 17.2. The van der Waals surface area contributed by atoms with E-state index >= 15 is 0 Å². The van der Waals surface area contributed by atoms with Crippen LogP contribution in [0.3, 0.4) is 0 Å². The molecule has 0 aliphatic carbocycles. The summed E-state index contributed by atoms with van der Waals surface area (Å²) in [6.07, 6.45) is 1.76. The molecule has 2 aromatic rings. The molecule has 0 unspecified atom stereocenters. The van der Waals surface area contributed by atoms with Crippen LogP contribution in [0.5, 0.6) is 5.75 Å². The number of ether oxygens (including phenoxy) is 1. The highest BCUT2D eigenvalue weighted by Gasteiger charge is 2.22. The second-order valence-corrected chi connectivity index (χ2v) is 7.38. The molecule has 6 heteroatoms. The first kappa shape index (κ1) is 20.1. The number of anilines is 1. The van der Waals surface area contributed by atoms with Gasteiger partial charge in [-0.3, -0.25) is 4.79 Å². The van der Waals surface area contributed by atoms with E-state index in [0.717, 1.165) is 48.5 Å². The Morgan fingerprint density at radius 2 is 1.89 bits per heavy atom.